The minimum absolute atomic E-state index is 0.0367. The molecule has 0 bridgehead atoms. The van der Waals surface area contributed by atoms with E-state index in [2.05, 4.69) is 109 Å². The fourth-order valence-electron chi connectivity index (χ4n) is 7.27. The van der Waals surface area contributed by atoms with Crippen LogP contribution in [0, 0.1) is 0 Å². The molecule has 4 heteroatoms. The van der Waals surface area contributed by atoms with Crippen LogP contribution in [0.3, 0.4) is 0 Å². The molecule has 3 aromatic heterocycles. The first-order valence-electron chi connectivity index (χ1n) is 15.7. The predicted octanol–water partition coefficient (Wildman–Crippen LogP) is 9.62. The zero-order valence-corrected chi connectivity index (χ0v) is 25.8. The van der Waals surface area contributed by atoms with Gasteiger partial charge in [-0.05, 0) is 82.8 Å². The molecule has 6 aromatic carbocycles. The highest BCUT2D eigenvalue weighted by Gasteiger charge is 2.22. The summed E-state index contributed by atoms with van der Waals surface area (Å²) in [5, 5.41) is 4.92. The maximum Gasteiger partial charge on any atom is 0.197 e. The zero-order valence-electron chi connectivity index (χ0n) is 25.8. The van der Waals surface area contributed by atoms with Crippen molar-refractivity contribution in [3.8, 4) is 16.8 Å². The van der Waals surface area contributed by atoms with Crippen molar-refractivity contribution in [3.05, 3.63) is 153 Å². The molecule has 0 N–H and O–H groups in total. The Bertz CT molecular complexity index is 2760. The fraction of sp³-hybridized carbons (Fsp3) is 0.0952. The SMILES string of the molecule is CC(C)(C)c1cc2c(=O)c3ccccc3n3c4ccc(-c5ccc(-n6c7ccccc7c7ccccc76)cc5)cc4c(=O)c(c1)c23. The molecule has 9 aromatic rings. The Morgan fingerprint density at radius 1 is 0.457 bits per heavy atom. The Balaban J connectivity index is 1.28. The third kappa shape index (κ3) is 3.67. The Morgan fingerprint density at radius 3 is 1.57 bits per heavy atom. The molecule has 0 aliphatic carbocycles. The van der Waals surface area contributed by atoms with Gasteiger partial charge in [-0.2, -0.15) is 0 Å². The second kappa shape index (κ2) is 9.38. The smallest absolute Gasteiger partial charge is 0.197 e. The molecule has 0 unspecified atom stereocenters. The Hall–Kier alpha value is -5.74. The highest BCUT2D eigenvalue weighted by Crippen LogP contribution is 2.35. The average molecular weight is 595 g/mol. The molecule has 0 atom stereocenters. The molecule has 0 fully saturated rings. The summed E-state index contributed by atoms with van der Waals surface area (Å²) < 4.78 is 4.42. The lowest BCUT2D eigenvalue weighted by atomic mass is 9.85. The van der Waals surface area contributed by atoms with E-state index in [1.165, 1.54) is 21.8 Å². The molecule has 220 valence electrons. The van der Waals surface area contributed by atoms with E-state index in [0.29, 0.717) is 27.1 Å². The van der Waals surface area contributed by atoms with Crippen LogP contribution in [0.1, 0.15) is 26.3 Å². The van der Waals surface area contributed by atoms with E-state index in [1.807, 2.05) is 48.5 Å². The van der Waals surface area contributed by atoms with Crippen molar-refractivity contribution in [2.24, 2.45) is 0 Å². The van der Waals surface area contributed by atoms with Gasteiger partial charge in [0.1, 0.15) is 0 Å². The van der Waals surface area contributed by atoms with E-state index in [4.69, 9.17) is 0 Å². The molecular weight excluding hydrogens is 564 g/mol. The highest BCUT2D eigenvalue weighted by atomic mass is 16.1. The fourth-order valence-corrected chi connectivity index (χ4v) is 7.27. The minimum atomic E-state index is -0.228. The first-order valence-corrected chi connectivity index (χ1v) is 15.7. The maximum atomic E-state index is 14.3. The summed E-state index contributed by atoms with van der Waals surface area (Å²) in [7, 11) is 0. The molecule has 0 amide bonds. The van der Waals surface area contributed by atoms with Crippen molar-refractivity contribution < 1.29 is 0 Å². The summed E-state index contributed by atoms with van der Waals surface area (Å²) in [5.74, 6) is 0. The molecule has 46 heavy (non-hydrogen) atoms. The summed E-state index contributed by atoms with van der Waals surface area (Å²) in [5.41, 5.74) is 8.38. The van der Waals surface area contributed by atoms with Crippen LogP contribution >= 0.6 is 0 Å². The van der Waals surface area contributed by atoms with Crippen LogP contribution < -0.4 is 10.9 Å². The van der Waals surface area contributed by atoms with Gasteiger partial charge in [0.05, 0.1) is 27.6 Å². The third-order valence-corrected chi connectivity index (χ3v) is 9.60. The van der Waals surface area contributed by atoms with Gasteiger partial charge in [-0.3, -0.25) is 9.59 Å². The van der Waals surface area contributed by atoms with Gasteiger partial charge in [-0.1, -0.05) is 87.5 Å². The van der Waals surface area contributed by atoms with Gasteiger partial charge in [0.25, 0.3) is 0 Å². The molecule has 3 heterocycles. The summed E-state index contributed by atoms with van der Waals surface area (Å²) >= 11 is 0. The lowest BCUT2D eigenvalue weighted by Gasteiger charge is -2.22. The van der Waals surface area contributed by atoms with E-state index in [9.17, 15) is 9.59 Å². The van der Waals surface area contributed by atoms with Gasteiger partial charge in [0, 0.05) is 38.0 Å². The minimum Gasteiger partial charge on any atom is -0.309 e. The number of hydrogen-bond donors (Lipinski definition) is 0. The standard InChI is InChI=1S/C42H30N2O2/c1-42(2,3)27-23-33-39-34(24-27)41(46)32-22-26(18-21-38(32)44(39)37-15-9-6-12-31(37)40(33)45)25-16-19-28(20-17-25)43-35-13-7-4-10-29(35)30-11-5-8-14-36(30)43/h4-24H,1-3H3. The molecule has 0 aliphatic heterocycles. The van der Waals surface area contributed by atoms with Gasteiger partial charge in [-0.25, -0.2) is 0 Å². The normalized spacial score (nSPS) is 12.4. The Labute approximate surface area is 264 Å². The quantitative estimate of drug-likeness (QED) is 0.148. The number of rotatable bonds is 2. The van der Waals surface area contributed by atoms with E-state index < -0.39 is 0 Å². The summed E-state index contributed by atoms with van der Waals surface area (Å²) in [6.07, 6.45) is 0. The largest absolute Gasteiger partial charge is 0.309 e. The molecule has 0 aliphatic rings. The first-order chi connectivity index (χ1) is 22.3. The van der Waals surface area contributed by atoms with Crippen LogP contribution in [0.25, 0.3) is 76.7 Å². The van der Waals surface area contributed by atoms with Crippen LogP contribution in [0.5, 0.6) is 0 Å². The number of fused-ring (bicyclic) bond motifs is 7. The van der Waals surface area contributed by atoms with E-state index in [0.717, 1.165) is 33.4 Å². The van der Waals surface area contributed by atoms with Crippen molar-refractivity contribution in [2.45, 2.75) is 26.2 Å². The number of pyridine rings is 2. The molecule has 0 radical (unpaired) electrons. The Morgan fingerprint density at radius 2 is 0.957 bits per heavy atom. The number of benzene rings is 6. The lowest BCUT2D eigenvalue weighted by Crippen LogP contribution is -2.18. The second-order valence-corrected chi connectivity index (χ2v) is 13.3. The van der Waals surface area contributed by atoms with Crippen LogP contribution in [-0.4, -0.2) is 8.97 Å². The van der Waals surface area contributed by atoms with Crippen LogP contribution in [0.4, 0.5) is 0 Å². The number of nitrogens with zero attached hydrogens (tertiary/aromatic N) is 2. The van der Waals surface area contributed by atoms with Crippen molar-refractivity contribution in [3.63, 3.8) is 0 Å². The van der Waals surface area contributed by atoms with Crippen molar-refractivity contribution in [2.75, 3.05) is 0 Å². The number of hydrogen-bond acceptors (Lipinski definition) is 2. The molecule has 9 rings (SSSR count). The molecular formula is C42H30N2O2. The van der Waals surface area contributed by atoms with Gasteiger partial charge >= 0.3 is 0 Å². The van der Waals surface area contributed by atoms with Gasteiger partial charge in [-0.15, -0.1) is 0 Å². The topological polar surface area (TPSA) is 43.5 Å². The first kappa shape index (κ1) is 26.6. The monoisotopic (exact) mass is 594 g/mol. The molecule has 0 saturated heterocycles. The van der Waals surface area contributed by atoms with E-state index in [1.54, 1.807) is 0 Å². The highest BCUT2D eigenvalue weighted by molar-refractivity contribution is 6.10. The number of aromatic nitrogens is 2. The zero-order chi connectivity index (χ0) is 31.3. The van der Waals surface area contributed by atoms with Crippen LogP contribution in [0.2, 0.25) is 0 Å². The van der Waals surface area contributed by atoms with Gasteiger partial charge in [0.15, 0.2) is 10.9 Å². The number of para-hydroxylation sites is 3. The molecule has 4 nitrogen and oxygen atoms in total. The average Bonchev–Trinajstić information content (AvgIpc) is 3.42. The van der Waals surface area contributed by atoms with Crippen molar-refractivity contribution in [1.82, 2.24) is 8.97 Å². The third-order valence-electron chi connectivity index (χ3n) is 9.60. The second-order valence-electron chi connectivity index (χ2n) is 13.3. The predicted molar refractivity (Wildman–Crippen MR) is 192 cm³/mol. The van der Waals surface area contributed by atoms with Crippen LogP contribution in [0.15, 0.2) is 137 Å². The Kier molecular flexibility index (Phi) is 5.44. The summed E-state index contributed by atoms with van der Waals surface area (Å²) in [4.78, 5) is 28.1. The van der Waals surface area contributed by atoms with Crippen molar-refractivity contribution in [1.29, 1.82) is 0 Å². The van der Waals surface area contributed by atoms with Crippen molar-refractivity contribution >= 4 is 59.9 Å². The van der Waals surface area contributed by atoms with Gasteiger partial charge < -0.3 is 8.97 Å². The van der Waals surface area contributed by atoms with E-state index >= 15 is 0 Å². The maximum absolute atomic E-state index is 14.3. The van der Waals surface area contributed by atoms with E-state index in [-0.39, 0.29) is 16.3 Å². The lowest BCUT2D eigenvalue weighted by molar-refractivity contribution is 0.591. The van der Waals surface area contributed by atoms with Gasteiger partial charge in [0.2, 0.25) is 0 Å². The summed E-state index contributed by atoms with van der Waals surface area (Å²) in [6, 6.07) is 43.4. The molecule has 0 spiro atoms. The van der Waals surface area contributed by atoms with Crippen LogP contribution in [-0.2, 0) is 5.41 Å². The molecule has 0 saturated carbocycles. The summed E-state index contributed by atoms with van der Waals surface area (Å²) in [6.45, 7) is 6.34.